The van der Waals surface area contributed by atoms with Crippen molar-refractivity contribution in [2.45, 2.75) is 19.4 Å². The van der Waals surface area contributed by atoms with Gasteiger partial charge in [-0.25, -0.2) is 0 Å². The summed E-state index contributed by atoms with van der Waals surface area (Å²) in [6.45, 7) is 0.697. The third-order valence-electron chi connectivity index (χ3n) is 3.88. The van der Waals surface area contributed by atoms with Gasteiger partial charge in [0.2, 0.25) is 0 Å². The number of nitrogens with zero attached hydrogens (tertiary/aromatic N) is 2. The van der Waals surface area contributed by atoms with Gasteiger partial charge in [-0.05, 0) is 36.2 Å². The number of amides is 1. The van der Waals surface area contributed by atoms with Gasteiger partial charge in [-0.2, -0.15) is 5.26 Å². The van der Waals surface area contributed by atoms with Crippen LogP contribution < -0.4 is 14.8 Å². The number of methoxy groups -OCH3 is 2. The van der Waals surface area contributed by atoms with Gasteiger partial charge in [0.05, 0.1) is 32.4 Å². The molecule has 0 spiro atoms. The Kier molecular flexibility index (Phi) is 6.80. The third-order valence-corrected chi connectivity index (χ3v) is 3.88. The van der Waals surface area contributed by atoms with E-state index in [1.807, 2.05) is 18.2 Å². The van der Waals surface area contributed by atoms with Crippen molar-refractivity contribution in [3.8, 4) is 17.6 Å². The molecule has 0 aliphatic rings. The second-order valence-corrected chi connectivity index (χ2v) is 5.52. The molecule has 2 aromatic rings. The molecule has 0 unspecified atom stereocenters. The molecule has 1 aromatic heterocycles. The molecule has 0 atom stereocenters. The van der Waals surface area contributed by atoms with Crippen molar-refractivity contribution in [3.63, 3.8) is 0 Å². The molecule has 0 saturated carbocycles. The fraction of sp³-hybridized carbons (Fsp3) is 0.316. The van der Waals surface area contributed by atoms with Crippen LogP contribution in [0.4, 0.5) is 0 Å². The first kappa shape index (κ1) is 19.1. The number of aryl methyl sites for hydroxylation is 1. The average molecular weight is 355 g/mol. The Bertz CT molecular complexity index is 820. The van der Waals surface area contributed by atoms with Crippen LogP contribution in [0.3, 0.4) is 0 Å². The summed E-state index contributed by atoms with van der Waals surface area (Å²) in [5, 5.41) is 11.3. The van der Waals surface area contributed by atoms with Crippen molar-refractivity contribution in [3.05, 3.63) is 47.8 Å². The third kappa shape index (κ3) is 4.63. The number of ketones is 1. The maximum Gasteiger partial charge on any atom is 0.294 e. The molecular weight excluding hydrogens is 334 g/mol. The monoisotopic (exact) mass is 355 g/mol. The fourth-order valence-electron chi connectivity index (χ4n) is 2.54. The standard InChI is InChI=1S/C19H21N3O4/c1-25-16-7-6-14(13-17(16)26-2)8-10-21-19(24)18(23)15-5-3-11-22(15)12-4-9-20/h3,5-7,11,13H,4,8,10,12H2,1-2H3,(H,21,24). The first-order valence-corrected chi connectivity index (χ1v) is 8.16. The van der Waals surface area contributed by atoms with Crippen molar-refractivity contribution in [1.29, 1.82) is 5.26 Å². The van der Waals surface area contributed by atoms with Gasteiger partial charge in [0.15, 0.2) is 11.5 Å². The highest BCUT2D eigenvalue weighted by Crippen LogP contribution is 2.27. The van der Waals surface area contributed by atoms with Crippen LogP contribution in [0.1, 0.15) is 22.5 Å². The Hall–Kier alpha value is -3.27. The number of nitrogens with one attached hydrogen (secondary N) is 1. The predicted molar refractivity (Wildman–Crippen MR) is 95.3 cm³/mol. The SMILES string of the molecule is COc1ccc(CCNC(=O)C(=O)c2cccn2CCC#N)cc1OC. The topological polar surface area (TPSA) is 93.4 Å². The Labute approximate surface area is 152 Å². The van der Waals surface area contributed by atoms with Crippen LogP contribution >= 0.6 is 0 Å². The van der Waals surface area contributed by atoms with Crippen LogP contribution in [0.25, 0.3) is 0 Å². The maximum absolute atomic E-state index is 12.3. The summed E-state index contributed by atoms with van der Waals surface area (Å²) in [6, 6.07) is 10.8. The Morgan fingerprint density at radius 1 is 1.19 bits per heavy atom. The Morgan fingerprint density at radius 2 is 1.96 bits per heavy atom. The number of nitriles is 1. The second kappa shape index (κ2) is 9.28. The van der Waals surface area contributed by atoms with E-state index in [-0.39, 0.29) is 12.1 Å². The molecule has 2 rings (SSSR count). The van der Waals surface area contributed by atoms with Gasteiger partial charge in [-0.15, -0.1) is 0 Å². The molecule has 7 nitrogen and oxygen atoms in total. The van der Waals surface area contributed by atoms with E-state index in [0.29, 0.717) is 31.0 Å². The van der Waals surface area contributed by atoms with Gasteiger partial charge in [0.1, 0.15) is 0 Å². The van der Waals surface area contributed by atoms with Gasteiger partial charge >= 0.3 is 0 Å². The van der Waals surface area contributed by atoms with Crippen molar-refractivity contribution in [1.82, 2.24) is 9.88 Å². The molecule has 0 fully saturated rings. The number of hydrogen-bond donors (Lipinski definition) is 1. The van der Waals surface area contributed by atoms with Gasteiger partial charge in [0, 0.05) is 19.3 Å². The van der Waals surface area contributed by atoms with Crippen LogP contribution in [0, 0.1) is 11.3 Å². The molecule has 1 N–H and O–H groups in total. The lowest BCUT2D eigenvalue weighted by Crippen LogP contribution is -2.33. The molecule has 1 amide bonds. The summed E-state index contributed by atoms with van der Waals surface area (Å²) in [7, 11) is 3.12. The summed E-state index contributed by atoms with van der Waals surface area (Å²) in [6.07, 6.45) is 2.51. The minimum atomic E-state index is -0.664. The molecular formula is C19H21N3O4. The molecule has 0 aliphatic carbocycles. The summed E-state index contributed by atoms with van der Waals surface area (Å²) in [5.74, 6) is -0.0287. The van der Waals surface area contributed by atoms with E-state index in [1.54, 1.807) is 43.2 Å². The largest absolute Gasteiger partial charge is 0.493 e. The minimum Gasteiger partial charge on any atom is -0.493 e. The first-order valence-electron chi connectivity index (χ1n) is 8.16. The molecule has 26 heavy (non-hydrogen) atoms. The molecule has 7 heteroatoms. The average Bonchev–Trinajstić information content (AvgIpc) is 3.13. The second-order valence-electron chi connectivity index (χ2n) is 5.52. The van der Waals surface area contributed by atoms with Crippen LogP contribution in [0.2, 0.25) is 0 Å². The normalized spacial score (nSPS) is 10.0. The zero-order valence-corrected chi connectivity index (χ0v) is 14.8. The summed E-state index contributed by atoms with van der Waals surface area (Å²) >= 11 is 0. The van der Waals surface area contributed by atoms with Crippen molar-refractivity contribution < 1.29 is 19.1 Å². The molecule has 0 bridgehead atoms. The molecule has 1 heterocycles. The fourth-order valence-corrected chi connectivity index (χ4v) is 2.54. The lowest BCUT2D eigenvalue weighted by atomic mass is 10.1. The van der Waals surface area contributed by atoms with E-state index in [2.05, 4.69) is 5.32 Å². The van der Waals surface area contributed by atoms with Gasteiger partial charge in [0.25, 0.3) is 11.7 Å². The van der Waals surface area contributed by atoms with E-state index in [1.165, 1.54) is 0 Å². The molecule has 1 aromatic carbocycles. The van der Waals surface area contributed by atoms with Gasteiger partial charge < -0.3 is 19.4 Å². The summed E-state index contributed by atoms with van der Waals surface area (Å²) in [5.41, 5.74) is 1.23. The zero-order chi connectivity index (χ0) is 18.9. The number of hydrogen-bond acceptors (Lipinski definition) is 5. The van der Waals surface area contributed by atoms with Crippen molar-refractivity contribution >= 4 is 11.7 Å². The highest BCUT2D eigenvalue weighted by atomic mass is 16.5. The lowest BCUT2D eigenvalue weighted by molar-refractivity contribution is -0.117. The van der Waals surface area contributed by atoms with Crippen molar-refractivity contribution in [2.24, 2.45) is 0 Å². The van der Waals surface area contributed by atoms with Gasteiger partial charge in [-0.1, -0.05) is 6.07 Å². The number of rotatable bonds is 9. The summed E-state index contributed by atoms with van der Waals surface area (Å²) < 4.78 is 12.0. The number of carbonyl (C=O) groups excluding carboxylic acids is 2. The number of carbonyl (C=O) groups is 2. The van der Waals surface area contributed by atoms with Crippen LogP contribution in [-0.4, -0.2) is 37.0 Å². The lowest BCUT2D eigenvalue weighted by Gasteiger charge is -2.10. The highest BCUT2D eigenvalue weighted by Gasteiger charge is 2.19. The Balaban J connectivity index is 1.92. The molecule has 0 saturated heterocycles. The van der Waals surface area contributed by atoms with E-state index < -0.39 is 11.7 Å². The number of Topliss-reactive ketones (excluding diaryl/α,β-unsaturated/α-hetero) is 1. The zero-order valence-electron chi connectivity index (χ0n) is 14.8. The first-order chi connectivity index (χ1) is 12.6. The van der Waals surface area contributed by atoms with E-state index in [4.69, 9.17) is 14.7 Å². The van der Waals surface area contributed by atoms with Crippen molar-refractivity contribution in [2.75, 3.05) is 20.8 Å². The van der Waals surface area contributed by atoms with Crippen LogP contribution in [-0.2, 0) is 17.8 Å². The number of benzene rings is 1. The molecule has 136 valence electrons. The molecule has 0 aliphatic heterocycles. The predicted octanol–water partition coefficient (Wildman–Crippen LogP) is 1.96. The maximum atomic E-state index is 12.3. The molecule has 0 radical (unpaired) electrons. The number of aromatic nitrogens is 1. The summed E-state index contributed by atoms with van der Waals surface area (Å²) in [4.78, 5) is 24.4. The van der Waals surface area contributed by atoms with E-state index in [0.717, 1.165) is 5.56 Å². The quantitative estimate of drug-likeness (QED) is 0.548. The van der Waals surface area contributed by atoms with Crippen LogP contribution in [0.5, 0.6) is 11.5 Å². The van der Waals surface area contributed by atoms with E-state index in [9.17, 15) is 9.59 Å². The minimum absolute atomic E-state index is 0.274. The number of ether oxygens (including phenoxy) is 2. The van der Waals surface area contributed by atoms with Gasteiger partial charge in [-0.3, -0.25) is 9.59 Å². The Morgan fingerprint density at radius 3 is 2.65 bits per heavy atom. The van der Waals surface area contributed by atoms with Crippen LogP contribution in [0.15, 0.2) is 36.5 Å². The highest BCUT2D eigenvalue weighted by molar-refractivity contribution is 6.42. The smallest absolute Gasteiger partial charge is 0.294 e. The van der Waals surface area contributed by atoms with E-state index >= 15 is 0 Å².